The molecule has 2 aromatic carbocycles. The van der Waals surface area contributed by atoms with Crippen molar-refractivity contribution in [2.75, 3.05) is 6.61 Å². The second kappa shape index (κ2) is 8.86. The second-order valence-electron chi connectivity index (χ2n) is 7.13. The fourth-order valence-corrected chi connectivity index (χ4v) is 3.16. The molecule has 26 heavy (non-hydrogen) atoms. The van der Waals surface area contributed by atoms with Gasteiger partial charge in [0.1, 0.15) is 5.75 Å². The van der Waals surface area contributed by atoms with E-state index in [1.165, 1.54) is 5.56 Å². The van der Waals surface area contributed by atoms with Crippen LogP contribution in [0.25, 0.3) is 0 Å². The maximum atomic E-state index is 12.3. The van der Waals surface area contributed by atoms with Gasteiger partial charge < -0.3 is 9.62 Å². The standard InChI is InChI=1S/C22H26O4/c1-16-3-11-20(12-4-16)25-22(23)19-9-7-18(8-10-19)15-24-26-21-13-5-17(2)6-14-21/h3-6,11-14,18-19H,7-10,15H2,1-2H3. The number of hydrogen-bond donors (Lipinski definition) is 0. The quantitative estimate of drug-likeness (QED) is 0.316. The van der Waals surface area contributed by atoms with Gasteiger partial charge in [0, 0.05) is 0 Å². The molecular weight excluding hydrogens is 328 g/mol. The van der Waals surface area contributed by atoms with E-state index in [9.17, 15) is 4.79 Å². The Balaban J connectivity index is 1.37. The summed E-state index contributed by atoms with van der Waals surface area (Å²) in [5, 5.41) is 0. The van der Waals surface area contributed by atoms with E-state index in [1.807, 2.05) is 62.4 Å². The van der Waals surface area contributed by atoms with Crippen molar-refractivity contribution in [3.05, 3.63) is 59.7 Å². The van der Waals surface area contributed by atoms with Gasteiger partial charge >= 0.3 is 5.97 Å². The molecule has 0 N–H and O–H groups in total. The molecule has 3 rings (SSSR count). The Kier molecular flexibility index (Phi) is 6.29. The molecule has 4 nitrogen and oxygen atoms in total. The molecule has 0 amide bonds. The van der Waals surface area contributed by atoms with Crippen molar-refractivity contribution in [2.24, 2.45) is 11.8 Å². The van der Waals surface area contributed by atoms with Crippen molar-refractivity contribution in [1.82, 2.24) is 0 Å². The predicted molar refractivity (Wildman–Crippen MR) is 100 cm³/mol. The molecule has 1 aliphatic carbocycles. The molecule has 0 unspecified atom stereocenters. The molecule has 0 atom stereocenters. The second-order valence-corrected chi connectivity index (χ2v) is 7.13. The zero-order valence-electron chi connectivity index (χ0n) is 15.4. The Hall–Kier alpha value is -2.33. The highest BCUT2D eigenvalue weighted by Gasteiger charge is 2.28. The number of carbonyl (C=O) groups excluding carboxylic acids is 1. The van der Waals surface area contributed by atoms with Gasteiger partial charge in [-0.05, 0) is 69.7 Å². The largest absolute Gasteiger partial charge is 0.426 e. The third-order valence-corrected chi connectivity index (χ3v) is 4.90. The maximum absolute atomic E-state index is 12.3. The highest BCUT2D eigenvalue weighted by molar-refractivity contribution is 5.75. The first-order chi connectivity index (χ1) is 12.6. The van der Waals surface area contributed by atoms with Crippen molar-refractivity contribution in [3.8, 4) is 11.5 Å². The number of carbonyl (C=O) groups is 1. The molecule has 0 heterocycles. The Morgan fingerprint density at radius 1 is 0.846 bits per heavy atom. The van der Waals surface area contributed by atoms with Crippen LogP contribution in [0, 0.1) is 25.7 Å². The minimum absolute atomic E-state index is 0.0226. The number of aryl methyl sites for hydroxylation is 2. The van der Waals surface area contributed by atoms with Gasteiger partial charge in [0.05, 0.1) is 12.5 Å². The fourth-order valence-electron chi connectivity index (χ4n) is 3.16. The zero-order valence-corrected chi connectivity index (χ0v) is 15.4. The SMILES string of the molecule is Cc1ccc(OOCC2CCC(C(=O)Oc3ccc(C)cc3)CC2)cc1. The highest BCUT2D eigenvalue weighted by atomic mass is 17.2. The summed E-state index contributed by atoms with van der Waals surface area (Å²) in [5.74, 6) is 1.61. The summed E-state index contributed by atoms with van der Waals surface area (Å²) in [6, 6.07) is 15.4. The first-order valence-corrected chi connectivity index (χ1v) is 9.24. The molecular formula is C22H26O4. The molecule has 1 aliphatic rings. The number of ether oxygens (including phenoxy) is 1. The van der Waals surface area contributed by atoms with Crippen LogP contribution < -0.4 is 9.62 Å². The van der Waals surface area contributed by atoms with Gasteiger partial charge in [-0.1, -0.05) is 35.4 Å². The van der Waals surface area contributed by atoms with Crippen molar-refractivity contribution < 1.29 is 19.3 Å². The van der Waals surface area contributed by atoms with Gasteiger partial charge in [-0.25, -0.2) is 0 Å². The van der Waals surface area contributed by atoms with E-state index in [-0.39, 0.29) is 11.9 Å². The first-order valence-electron chi connectivity index (χ1n) is 9.24. The number of rotatable bonds is 6. The molecule has 0 spiro atoms. The molecule has 0 bridgehead atoms. The Labute approximate surface area is 155 Å². The predicted octanol–water partition coefficient (Wildman–Crippen LogP) is 5.03. The molecule has 0 saturated heterocycles. The van der Waals surface area contributed by atoms with Crippen molar-refractivity contribution in [2.45, 2.75) is 39.5 Å². The normalized spacial score (nSPS) is 19.8. The van der Waals surface area contributed by atoms with E-state index in [0.717, 1.165) is 31.2 Å². The number of esters is 1. The summed E-state index contributed by atoms with van der Waals surface area (Å²) in [7, 11) is 0. The van der Waals surface area contributed by atoms with E-state index in [4.69, 9.17) is 14.5 Å². The smallest absolute Gasteiger partial charge is 0.314 e. The fraction of sp³-hybridized carbons (Fsp3) is 0.409. The molecule has 4 heteroatoms. The van der Waals surface area contributed by atoms with Gasteiger partial charge in [-0.15, -0.1) is 0 Å². The molecule has 0 radical (unpaired) electrons. The van der Waals surface area contributed by atoms with E-state index < -0.39 is 0 Å². The lowest BCUT2D eigenvalue weighted by Crippen LogP contribution is -2.27. The average Bonchev–Trinajstić information content (AvgIpc) is 2.66. The minimum atomic E-state index is -0.121. The number of hydrogen-bond acceptors (Lipinski definition) is 4. The van der Waals surface area contributed by atoms with Gasteiger partial charge in [0.2, 0.25) is 0 Å². The summed E-state index contributed by atoms with van der Waals surface area (Å²) in [6.45, 7) is 4.60. The van der Waals surface area contributed by atoms with Crippen LogP contribution >= 0.6 is 0 Å². The summed E-state index contributed by atoms with van der Waals surface area (Å²) in [5.41, 5.74) is 2.34. The molecule has 1 fully saturated rings. The molecule has 2 aromatic rings. The highest BCUT2D eigenvalue weighted by Crippen LogP contribution is 2.30. The van der Waals surface area contributed by atoms with Gasteiger partial charge in [0.15, 0.2) is 5.75 Å². The molecule has 0 aliphatic heterocycles. The van der Waals surface area contributed by atoms with Crippen molar-refractivity contribution in [1.29, 1.82) is 0 Å². The summed E-state index contributed by atoms with van der Waals surface area (Å²) in [4.78, 5) is 23.0. The lowest BCUT2D eigenvalue weighted by molar-refractivity contribution is -0.218. The van der Waals surface area contributed by atoms with E-state index in [1.54, 1.807) is 0 Å². The number of benzene rings is 2. The van der Waals surface area contributed by atoms with E-state index in [0.29, 0.717) is 24.0 Å². The minimum Gasteiger partial charge on any atom is -0.426 e. The van der Waals surface area contributed by atoms with Crippen LogP contribution in [0.15, 0.2) is 48.5 Å². The van der Waals surface area contributed by atoms with E-state index >= 15 is 0 Å². The molecule has 1 saturated carbocycles. The summed E-state index contributed by atoms with van der Waals surface area (Å²) < 4.78 is 5.50. The zero-order chi connectivity index (χ0) is 18.4. The van der Waals surface area contributed by atoms with E-state index in [2.05, 4.69) is 0 Å². The van der Waals surface area contributed by atoms with Crippen LogP contribution in [0.4, 0.5) is 0 Å². The third-order valence-electron chi connectivity index (χ3n) is 4.90. The van der Waals surface area contributed by atoms with Crippen molar-refractivity contribution >= 4 is 5.97 Å². The van der Waals surface area contributed by atoms with Crippen LogP contribution in [-0.2, 0) is 9.68 Å². The van der Waals surface area contributed by atoms with Crippen LogP contribution in [0.3, 0.4) is 0 Å². The van der Waals surface area contributed by atoms with Crippen molar-refractivity contribution in [3.63, 3.8) is 0 Å². The maximum Gasteiger partial charge on any atom is 0.314 e. The average molecular weight is 354 g/mol. The Morgan fingerprint density at radius 3 is 1.96 bits per heavy atom. The Morgan fingerprint density at radius 2 is 1.38 bits per heavy atom. The summed E-state index contributed by atoms with van der Waals surface area (Å²) >= 11 is 0. The lowest BCUT2D eigenvalue weighted by Gasteiger charge is -2.26. The lowest BCUT2D eigenvalue weighted by atomic mass is 9.82. The van der Waals surface area contributed by atoms with Crippen LogP contribution in [0.5, 0.6) is 11.5 Å². The topological polar surface area (TPSA) is 44.8 Å². The summed E-state index contributed by atoms with van der Waals surface area (Å²) in [6.07, 6.45) is 3.57. The Bertz CT molecular complexity index is 698. The van der Waals surface area contributed by atoms with Gasteiger partial charge in [0.25, 0.3) is 0 Å². The molecule has 0 aromatic heterocycles. The van der Waals surface area contributed by atoms with Crippen LogP contribution in [-0.4, -0.2) is 12.6 Å². The van der Waals surface area contributed by atoms with Crippen LogP contribution in [0.1, 0.15) is 36.8 Å². The first kappa shape index (κ1) is 18.5. The molecule has 138 valence electrons. The van der Waals surface area contributed by atoms with Gasteiger partial charge in [-0.3, -0.25) is 4.79 Å². The monoisotopic (exact) mass is 354 g/mol. The van der Waals surface area contributed by atoms with Gasteiger partial charge in [-0.2, -0.15) is 4.89 Å². The third kappa shape index (κ3) is 5.33. The van der Waals surface area contributed by atoms with Crippen LogP contribution in [0.2, 0.25) is 0 Å².